The van der Waals surface area contributed by atoms with Gasteiger partial charge in [-0.1, -0.05) is 33.8 Å². The van der Waals surface area contributed by atoms with Gasteiger partial charge in [-0.25, -0.2) is 0 Å². The highest BCUT2D eigenvalue weighted by molar-refractivity contribution is 9.10. The Morgan fingerprint density at radius 2 is 2.10 bits per heavy atom. The summed E-state index contributed by atoms with van der Waals surface area (Å²) in [6.45, 7) is 2.47. The number of nitrogens with one attached hydrogen (secondary N) is 1. The largest absolute Gasteiger partial charge is 0.492 e. The summed E-state index contributed by atoms with van der Waals surface area (Å²) in [5.74, 6) is 1.67. The van der Waals surface area contributed by atoms with E-state index in [1.165, 1.54) is 11.8 Å². The number of benzene rings is 2. The molecule has 0 aliphatic carbocycles. The number of nitrogens with zero attached hydrogens (tertiary/aromatic N) is 3. The number of rotatable bonds is 5. The zero-order chi connectivity index (χ0) is 20.4. The molecule has 2 heterocycles. The molecule has 4 rings (SSSR count). The number of halogens is 1. The van der Waals surface area contributed by atoms with Gasteiger partial charge in [-0.15, -0.1) is 10.2 Å². The van der Waals surface area contributed by atoms with E-state index in [-0.39, 0.29) is 0 Å². The second-order valence-corrected chi connectivity index (χ2v) is 7.79. The van der Waals surface area contributed by atoms with Gasteiger partial charge in [0.1, 0.15) is 0 Å². The van der Waals surface area contributed by atoms with Gasteiger partial charge in [0.15, 0.2) is 17.2 Å². The maximum Gasteiger partial charge on any atom is 0.247 e. The Balaban J connectivity index is 1.87. The summed E-state index contributed by atoms with van der Waals surface area (Å²) in [4.78, 5) is 4.55. The molecule has 0 bridgehead atoms. The molecule has 0 amide bonds. The number of anilines is 1. The molecule has 0 saturated heterocycles. The first-order valence-electron chi connectivity index (χ1n) is 8.96. The van der Waals surface area contributed by atoms with Crippen LogP contribution in [0.5, 0.6) is 17.4 Å². The number of ether oxygens (including phenoxy) is 3. The molecule has 0 saturated carbocycles. The van der Waals surface area contributed by atoms with Gasteiger partial charge in [-0.3, -0.25) is 0 Å². The van der Waals surface area contributed by atoms with E-state index < -0.39 is 6.23 Å². The van der Waals surface area contributed by atoms with Gasteiger partial charge in [0.05, 0.1) is 19.3 Å². The van der Waals surface area contributed by atoms with E-state index in [0.717, 1.165) is 21.3 Å². The summed E-state index contributed by atoms with van der Waals surface area (Å²) in [6.07, 6.45) is 1.34. The molecule has 1 aromatic heterocycles. The van der Waals surface area contributed by atoms with E-state index in [0.29, 0.717) is 34.8 Å². The van der Waals surface area contributed by atoms with Crippen LogP contribution in [0.1, 0.15) is 18.7 Å². The molecule has 29 heavy (non-hydrogen) atoms. The number of para-hydroxylation sites is 1. The van der Waals surface area contributed by atoms with Crippen molar-refractivity contribution in [2.45, 2.75) is 18.3 Å². The van der Waals surface area contributed by atoms with Gasteiger partial charge in [0, 0.05) is 15.7 Å². The molecule has 0 radical (unpaired) electrons. The van der Waals surface area contributed by atoms with Crippen LogP contribution >= 0.6 is 27.7 Å². The van der Waals surface area contributed by atoms with Crippen molar-refractivity contribution in [2.75, 3.05) is 25.3 Å². The Morgan fingerprint density at radius 1 is 1.24 bits per heavy atom. The summed E-state index contributed by atoms with van der Waals surface area (Å²) in [6, 6.07) is 11.6. The highest BCUT2D eigenvalue weighted by atomic mass is 79.9. The van der Waals surface area contributed by atoms with E-state index in [9.17, 15) is 0 Å². The molecule has 1 aliphatic rings. The Morgan fingerprint density at radius 3 is 2.86 bits per heavy atom. The number of aromatic nitrogens is 3. The molecule has 0 fully saturated rings. The number of methoxy groups -OCH3 is 1. The minimum Gasteiger partial charge on any atom is -0.492 e. The second kappa shape index (κ2) is 8.46. The summed E-state index contributed by atoms with van der Waals surface area (Å²) in [5.41, 5.74) is 3.08. The first-order chi connectivity index (χ1) is 14.1. The van der Waals surface area contributed by atoms with Gasteiger partial charge in [-0.05, 0) is 43.5 Å². The van der Waals surface area contributed by atoms with E-state index in [1.54, 1.807) is 7.11 Å². The van der Waals surface area contributed by atoms with Gasteiger partial charge in [-0.2, -0.15) is 4.98 Å². The fraction of sp³-hybridized carbons (Fsp3) is 0.250. The molecule has 1 unspecified atom stereocenters. The fourth-order valence-electron chi connectivity index (χ4n) is 3.12. The van der Waals surface area contributed by atoms with Crippen LogP contribution in [0.2, 0.25) is 0 Å². The smallest absolute Gasteiger partial charge is 0.247 e. The third-order valence-corrected chi connectivity index (χ3v) is 5.40. The zero-order valence-corrected chi connectivity index (χ0v) is 18.5. The van der Waals surface area contributed by atoms with Crippen molar-refractivity contribution in [3.05, 3.63) is 46.4 Å². The molecule has 150 valence electrons. The maximum atomic E-state index is 6.29. The molecule has 1 N–H and O–H groups in total. The highest BCUT2D eigenvalue weighted by Crippen LogP contribution is 2.43. The minimum atomic E-state index is -0.557. The summed E-state index contributed by atoms with van der Waals surface area (Å²) in [5, 5.41) is 12.5. The molecule has 1 atom stereocenters. The van der Waals surface area contributed by atoms with Gasteiger partial charge in [0.25, 0.3) is 0 Å². The summed E-state index contributed by atoms with van der Waals surface area (Å²) in [7, 11) is 1.62. The minimum absolute atomic E-state index is 0.405. The van der Waals surface area contributed by atoms with Gasteiger partial charge in [0.2, 0.25) is 17.3 Å². The van der Waals surface area contributed by atoms with E-state index in [4.69, 9.17) is 14.2 Å². The van der Waals surface area contributed by atoms with Crippen molar-refractivity contribution in [2.24, 2.45) is 0 Å². The van der Waals surface area contributed by atoms with E-state index in [1.807, 2.05) is 49.6 Å². The van der Waals surface area contributed by atoms with E-state index >= 15 is 0 Å². The predicted molar refractivity (Wildman–Crippen MR) is 116 cm³/mol. The zero-order valence-electron chi connectivity index (χ0n) is 16.1. The molecular weight excluding hydrogens is 456 g/mol. The molecular formula is C20H19BrN4O3S. The summed E-state index contributed by atoms with van der Waals surface area (Å²) < 4.78 is 18.6. The second-order valence-electron chi connectivity index (χ2n) is 6.10. The molecule has 7 nitrogen and oxygen atoms in total. The van der Waals surface area contributed by atoms with Gasteiger partial charge >= 0.3 is 0 Å². The fourth-order valence-corrected chi connectivity index (χ4v) is 3.78. The normalized spacial score (nSPS) is 14.7. The van der Waals surface area contributed by atoms with Crippen LogP contribution in [0.25, 0.3) is 11.3 Å². The average Bonchev–Trinajstić information content (AvgIpc) is 2.89. The van der Waals surface area contributed by atoms with Crippen LogP contribution < -0.4 is 19.5 Å². The van der Waals surface area contributed by atoms with Crippen LogP contribution in [0, 0.1) is 0 Å². The molecule has 9 heteroatoms. The number of hydrogen-bond donors (Lipinski definition) is 1. The van der Waals surface area contributed by atoms with Gasteiger partial charge < -0.3 is 19.5 Å². The molecule has 2 aromatic carbocycles. The van der Waals surface area contributed by atoms with E-state index in [2.05, 4.69) is 36.4 Å². The molecule has 3 aromatic rings. The van der Waals surface area contributed by atoms with Crippen molar-refractivity contribution in [3.8, 4) is 28.6 Å². The lowest BCUT2D eigenvalue weighted by Crippen LogP contribution is -2.18. The highest BCUT2D eigenvalue weighted by Gasteiger charge is 2.29. The average molecular weight is 475 g/mol. The maximum absolute atomic E-state index is 6.29. The van der Waals surface area contributed by atoms with Crippen LogP contribution in [-0.4, -0.2) is 35.2 Å². The van der Waals surface area contributed by atoms with Crippen LogP contribution in [-0.2, 0) is 0 Å². The topological polar surface area (TPSA) is 78.4 Å². The summed E-state index contributed by atoms with van der Waals surface area (Å²) >= 11 is 4.94. The SMILES string of the molecule is CCOc1cccc(C2Nc3ccc(Br)cc3-c3nnc(SC)nc3O2)c1OC. The van der Waals surface area contributed by atoms with Crippen LogP contribution in [0.3, 0.4) is 0 Å². The van der Waals surface area contributed by atoms with Crippen molar-refractivity contribution in [1.82, 2.24) is 15.2 Å². The Kier molecular flexibility index (Phi) is 5.77. The van der Waals surface area contributed by atoms with Crippen molar-refractivity contribution >= 4 is 33.4 Å². The lowest BCUT2D eigenvalue weighted by atomic mass is 10.1. The molecule has 0 spiro atoms. The number of hydrogen-bond acceptors (Lipinski definition) is 8. The lowest BCUT2D eigenvalue weighted by Gasteiger charge is -2.22. The van der Waals surface area contributed by atoms with Crippen molar-refractivity contribution in [1.29, 1.82) is 0 Å². The first kappa shape index (κ1) is 19.8. The Labute approximate surface area is 181 Å². The van der Waals surface area contributed by atoms with Crippen molar-refractivity contribution in [3.63, 3.8) is 0 Å². The predicted octanol–water partition coefficient (Wildman–Crippen LogP) is 4.93. The Hall–Kier alpha value is -2.52. The Bertz CT molecular complexity index is 1050. The lowest BCUT2D eigenvalue weighted by molar-refractivity contribution is 0.217. The first-order valence-corrected chi connectivity index (χ1v) is 11.0. The van der Waals surface area contributed by atoms with Crippen molar-refractivity contribution < 1.29 is 14.2 Å². The third kappa shape index (κ3) is 3.84. The standard InChI is InChI=1S/C20H19BrN4O3S/c1-4-27-15-7-5-6-12(17(15)26-2)18-22-14-9-8-11(21)10-13(14)16-19(28-18)23-20(29-3)25-24-16/h5-10,18,22H,4H2,1-3H3. The van der Waals surface area contributed by atoms with Crippen LogP contribution in [0.15, 0.2) is 46.0 Å². The van der Waals surface area contributed by atoms with Crippen LogP contribution in [0.4, 0.5) is 5.69 Å². The number of fused-ring (bicyclic) bond motifs is 3. The number of thioether (sulfide) groups is 1. The molecule has 1 aliphatic heterocycles. The quantitative estimate of drug-likeness (QED) is 0.521. The third-order valence-electron chi connectivity index (χ3n) is 4.37. The monoisotopic (exact) mass is 474 g/mol.